The molecule has 0 radical (unpaired) electrons. The molecule has 2 rings (SSSR count). The highest BCUT2D eigenvalue weighted by Gasteiger charge is 2.37. The molecule has 2 heterocycles. The Hall–Kier alpha value is -1.14. The van der Waals surface area contributed by atoms with Crippen molar-refractivity contribution in [2.45, 2.75) is 11.7 Å². The largest absolute Gasteiger partial charge is 0.311 e. The topological polar surface area (TPSA) is 67.3 Å². The molecule has 1 aliphatic heterocycles. The summed E-state index contributed by atoms with van der Waals surface area (Å²) in [5, 5.41) is -0.824. The zero-order chi connectivity index (χ0) is 11.8. The fraction of sp³-hybridized carbons (Fsp3) is 0.333. The highest BCUT2D eigenvalue weighted by molar-refractivity contribution is 8.14. The molecule has 5 nitrogen and oxygen atoms in total. The van der Waals surface area contributed by atoms with Crippen molar-refractivity contribution in [3.63, 3.8) is 0 Å². The Morgan fingerprint density at radius 3 is 2.50 bits per heavy atom. The van der Waals surface area contributed by atoms with E-state index in [1.165, 1.54) is 4.90 Å². The molecule has 1 unspecified atom stereocenters. The molecule has 86 valence electrons. The number of anilines is 1. The Morgan fingerprint density at radius 1 is 1.38 bits per heavy atom. The summed E-state index contributed by atoms with van der Waals surface area (Å²) in [7, 11) is 1.56. The minimum atomic E-state index is -3.68. The van der Waals surface area contributed by atoms with Crippen LogP contribution in [0.25, 0.3) is 0 Å². The zero-order valence-corrected chi connectivity index (χ0v) is 9.78. The van der Waals surface area contributed by atoms with E-state index >= 15 is 0 Å². The maximum atomic E-state index is 11.6. The Balaban J connectivity index is 2.25. The summed E-state index contributed by atoms with van der Waals surface area (Å²) in [5.74, 6) is -0.236. The van der Waals surface area contributed by atoms with Gasteiger partial charge in [-0.1, -0.05) is 0 Å². The summed E-state index contributed by atoms with van der Waals surface area (Å²) in [6.07, 6.45) is 3.03. The lowest BCUT2D eigenvalue weighted by Crippen LogP contribution is -2.26. The number of hydrogen-bond acceptors (Lipinski definition) is 4. The second-order valence-corrected chi connectivity index (χ2v) is 6.42. The van der Waals surface area contributed by atoms with Crippen molar-refractivity contribution < 1.29 is 13.2 Å². The van der Waals surface area contributed by atoms with Gasteiger partial charge >= 0.3 is 0 Å². The molecule has 1 aromatic rings. The number of rotatable bonds is 2. The number of amides is 1. The predicted molar refractivity (Wildman–Crippen MR) is 59.8 cm³/mol. The first-order valence-corrected chi connectivity index (χ1v) is 6.99. The summed E-state index contributed by atoms with van der Waals surface area (Å²) >= 11 is 0. The van der Waals surface area contributed by atoms with E-state index in [0.717, 1.165) is 0 Å². The molecule has 1 amide bonds. The minimum Gasteiger partial charge on any atom is -0.311 e. The third-order valence-electron chi connectivity index (χ3n) is 2.46. The van der Waals surface area contributed by atoms with E-state index in [4.69, 9.17) is 10.7 Å². The van der Waals surface area contributed by atoms with Crippen molar-refractivity contribution in [2.75, 3.05) is 11.4 Å². The summed E-state index contributed by atoms with van der Waals surface area (Å²) in [6, 6.07) is 3.31. The van der Waals surface area contributed by atoms with Crippen molar-refractivity contribution in [1.82, 2.24) is 4.98 Å². The van der Waals surface area contributed by atoms with E-state index in [1.807, 2.05) is 0 Å². The molecule has 16 heavy (non-hydrogen) atoms. The van der Waals surface area contributed by atoms with Crippen LogP contribution in [-0.4, -0.2) is 31.1 Å². The van der Waals surface area contributed by atoms with Gasteiger partial charge < -0.3 is 4.90 Å². The van der Waals surface area contributed by atoms with E-state index in [2.05, 4.69) is 4.98 Å². The van der Waals surface area contributed by atoms with Gasteiger partial charge in [-0.25, -0.2) is 8.42 Å². The molecule has 1 atom stereocenters. The van der Waals surface area contributed by atoms with Crippen molar-refractivity contribution in [2.24, 2.45) is 0 Å². The molecule has 1 aromatic heterocycles. The van der Waals surface area contributed by atoms with Crippen LogP contribution in [0.3, 0.4) is 0 Å². The van der Waals surface area contributed by atoms with Gasteiger partial charge in [0.1, 0.15) is 5.25 Å². The Labute approximate surface area is 97.5 Å². The van der Waals surface area contributed by atoms with Crippen molar-refractivity contribution in [3.8, 4) is 0 Å². The first-order chi connectivity index (χ1) is 7.48. The van der Waals surface area contributed by atoms with Gasteiger partial charge in [0.2, 0.25) is 15.0 Å². The normalized spacial score (nSPS) is 21.4. The average molecular weight is 261 g/mol. The lowest BCUT2D eigenvalue weighted by Gasteiger charge is -2.15. The first kappa shape index (κ1) is 11.3. The zero-order valence-electron chi connectivity index (χ0n) is 8.21. The highest BCUT2D eigenvalue weighted by Crippen LogP contribution is 2.25. The number of halogens is 1. The Morgan fingerprint density at radius 2 is 2.00 bits per heavy atom. The molecule has 1 saturated heterocycles. The van der Waals surface area contributed by atoms with Crippen LogP contribution in [0.15, 0.2) is 24.5 Å². The molecule has 0 aromatic carbocycles. The molecule has 1 fully saturated rings. The Kier molecular flexibility index (Phi) is 2.86. The minimum absolute atomic E-state index is 0.0614. The van der Waals surface area contributed by atoms with Crippen LogP contribution in [0.4, 0.5) is 5.69 Å². The molecule has 0 N–H and O–H groups in total. The van der Waals surface area contributed by atoms with Crippen LogP contribution in [0.2, 0.25) is 0 Å². The van der Waals surface area contributed by atoms with Gasteiger partial charge in [-0.3, -0.25) is 9.78 Å². The highest BCUT2D eigenvalue weighted by atomic mass is 35.7. The molecule has 7 heteroatoms. The number of carbonyl (C=O) groups excluding carboxylic acids is 1. The van der Waals surface area contributed by atoms with Crippen molar-refractivity contribution in [3.05, 3.63) is 24.5 Å². The lowest BCUT2D eigenvalue weighted by atomic mass is 10.4. The number of pyridine rings is 1. The monoisotopic (exact) mass is 260 g/mol. The molecule has 0 spiro atoms. The number of carbonyl (C=O) groups is 1. The smallest absolute Gasteiger partial charge is 0.237 e. The third kappa shape index (κ3) is 2.17. The fourth-order valence-electron chi connectivity index (χ4n) is 1.64. The quantitative estimate of drug-likeness (QED) is 0.736. The summed E-state index contributed by atoms with van der Waals surface area (Å²) < 4.78 is 22.3. The van der Waals surface area contributed by atoms with Gasteiger partial charge in [0, 0.05) is 41.7 Å². The first-order valence-electron chi connectivity index (χ1n) is 4.62. The van der Waals surface area contributed by atoms with Crippen LogP contribution in [0.1, 0.15) is 6.42 Å². The van der Waals surface area contributed by atoms with E-state index in [1.54, 1.807) is 24.5 Å². The molecular weight excluding hydrogens is 252 g/mol. The van der Waals surface area contributed by atoms with Crippen molar-refractivity contribution >= 4 is 31.3 Å². The third-order valence-corrected chi connectivity index (χ3v) is 4.33. The second-order valence-electron chi connectivity index (χ2n) is 3.51. The summed E-state index contributed by atoms with van der Waals surface area (Å²) in [6.45, 7) is 0.106. The fourth-order valence-corrected chi connectivity index (χ4v) is 2.66. The van der Waals surface area contributed by atoms with E-state index < -0.39 is 14.3 Å². The van der Waals surface area contributed by atoms with E-state index in [0.29, 0.717) is 5.69 Å². The van der Waals surface area contributed by atoms with Crippen LogP contribution < -0.4 is 4.90 Å². The summed E-state index contributed by atoms with van der Waals surface area (Å²) in [4.78, 5) is 16.9. The SMILES string of the molecule is O=C1CC(S(=O)(=O)Cl)CN1c1ccncc1. The van der Waals surface area contributed by atoms with Crippen LogP contribution in [0, 0.1) is 0 Å². The summed E-state index contributed by atoms with van der Waals surface area (Å²) in [5.41, 5.74) is 0.641. The molecular formula is C9H9ClN2O3S. The van der Waals surface area contributed by atoms with Gasteiger partial charge in [0.05, 0.1) is 0 Å². The van der Waals surface area contributed by atoms with Crippen LogP contribution in [-0.2, 0) is 13.8 Å². The standard InChI is InChI=1S/C9H9ClN2O3S/c10-16(14,15)8-5-9(13)12(6-8)7-1-3-11-4-2-7/h1-4,8H,5-6H2. The van der Waals surface area contributed by atoms with Gasteiger partial charge in [-0.2, -0.15) is 0 Å². The number of hydrogen-bond donors (Lipinski definition) is 0. The van der Waals surface area contributed by atoms with Gasteiger partial charge in [-0.05, 0) is 12.1 Å². The molecule has 1 aliphatic rings. The van der Waals surface area contributed by atoms with Gasteiger partial charge in [-0.15, -0.1) is 0 Å². The van der Waals surface area contributed by atoms with Gasteiger partial charge in [0.15, 0.2) is 0 Å². The predicted octanol–water partition coefficient (Wildman–Crippen LogP) is 0.755. The maximum absolute atomic E-state index is 11.6. The molecule has 0 saturated carbocycles. The number of aromatic nitrogens is 1. The van der Waals surface area contributed by atoms with Crippen LogP contribution >= 0.6 is 10.7 Å². The second kappa shape index (κ2) is 4.03. The Bertz CT molecular complexity index is 503. The van der Waals surface area contributed by atoms with Gasteiger partial charge in [0.25, 0.3) is 0 Å². The van der Waals surface area contributed by atoms with Crippen LogP contribution in [0.5, 0.6) is 0 Å². The molecule has 0 bridgehead atoms. The maximum Gasteiger partial charge on any atom is 0.237 e. The number of nitrogens with zero attached hydrogens (tertiary/aromatic N) is 2. The lowest BCUT2D eigenvalue weighted by molar-refractivity contribution is -0.117. The molecule has 0 aliphatic carbocycles. The van der Waals surface area contributed by atoms with Crippen molar-refractivity contribution in [1.29, 1.82) is 0 Å². The van der Waals surface area contributed by atoms with E-state index in [-0.39, 0.29) is 18.9 Å². The van der Waals surface area contributed by atoms with E-state index in [9.17, 15) is 13.2 Å². The average Bonchev–Trinajstić information content (AvgIpc) is 2.61.